The molecule has 2 heterocycles. The Morgan fingerprint density at radius 2 is 2.38 bits per heavy atom. The molecule has 2 bridgehead atoms. The molecule has 2 saturated heterocycles. The molecule has 0 amide bonds. The predicted octanol–water partition coefficient (Wildman–Crippen LogP) is 0.951. The van der Waals surface area contributed by atoms with Crippen LogP contribution in [0.25, 0.3) is 0 Å². The van der Waals surface area contributed by atoms with Crippen LogP contribution in [0, 0.1) is 5.92 Å². The minimum Gasteiger partial charge on any atom is -0.390 e. The van der Waals surface area contributed by atoms with Gasteiger partial charge in [-0.25, -0.2) is 0 Å². The van der Waals surface area contributed by atoms with Gasteiger partial charge in [-0.1, -0.05) is 0 Å². The van der Waals surface area contributed by atoms with E-state index < -0.39 is 0 Å². The van der Waals surface area contributed by atoms with Crippen molar-refractivity contribution in [2.75, 3.05) is 13.2 Å². The van der Waals surface area contributed by atoms with Gasteiger partial charge in [0, 0.05) is 12.5 Å². The molecule has 13 heavy (non-hydrogen) atoms. The zero-order valence-electron chi connectivity index (χ0n) is 8.11. The quantitative estimate of drug-likeness (QED) is 0.710. The maximum absolute atomic E-state index is 9.80. The standard InChI is InChI=1S/C10H18O3/c1-2-12-6-9(11)8-5-7-3-4-10(8)13-7/h7-11H,2-6H2,1H3. The van der Waals surface area contributed by atoms with Crippen molar-refractivity contribution in [1.82, 2.24) is 0 Å². The fraction of sp³-hybridized carbons (Fsp3) is 1.00. The second-order valence-corrected chi connectivity index (χ2v) is 4.00. The monoisotopic (exact) mass is 186 g/mol. The first-order chi connectivity index (χ1) is 6.31. The van der Waals surface area contributed by atoms with Gasteiger partial charge in [-0.05, 0) is 26.2 Å². The number of aliphatic hydroxyl groups excluding tert-OH is 1. The van der Waals surface area contributed by atoms with E-state index in [0.717, 1.165) is 12.8 Å². The van der Waals surface area contributed by atoms with Gasteiger partial charge in [0.1, 0.15) is 0 Å². The molecule has 1 N–H and O–H groups in total. The Hall–Kier alpha value is -0.120. The second kappa shape index (κ2) is 3.95. The summed E-state index contributed by atoms with van der Waals surface area (Å²) in [6.07, 6.45) is 3.74. The van der Waals surface area contributed by atoms with E-state index in [4.69, 9.17) is 9.47 Å². The van der Waals surface area contributed by atoms with Gasteiger partial charge < -0.3 is 14.6 Å². The Bertz CT molecular complexity index is 172. The first-order valence-electron chi connectivity index (χ1n) is 5.22. The van der Waals surface area contributed by atoms with E-state index in [0.29, 0.717) is 31.3 Å². The maximum Gasteiger partial charge on any atom is 0.0827 e. The van der Waals surface area contributed by atoms with Crippen molar-refractivity contribution in [3.05, 3.63) is 0 Å². The molecule has 3 nitrogen and oxygen atoms in total. The normalized spacial score (nSPS) is 39.7. The lowest BCUT2D eigenvalue weighted by Gasteiger charge is -2.23. The van der Waals surface area contributed by atoms with Gasteiger partial charge in [0.15, 0.2) is 0 Å². The average molecular weight is 186 g/mol. The van der Waals surface area contributed by atoms with Gasteiger partial charge in [-0.15, -0.1) is 0 Å². The fourth-order valence-corrected chi connectivity index (χ4v) is 2.44. The summed E-state index contributed by atoms with van der Waals surface area (Å²) in [4.78, 5) is 0. The molecule has 3 heteroatoms. The Kier molecular flexibility index (Phi) is 2.86. The van der Waals surface area contributed by atoms with Crippen LogP contribution in [0.4, 0.5) is 0 Å². The van der Waals surface area contributed by atoms with Crippen molar-refractivity contribution in [2.24, 2.45) is 5.92 Å². The van der Waals surface area contributed by atoms with E-state index in [1.165, 1.54) is 6.42 Å². The Morgan fingerprint density at radius 3 is 2.92 bits per heavy atom. The van der Waals surface area contributed by atoms with Gasteiger partial charge in [0.25, 0.3) is 0 Å². The van der Waals surface area contributed by atoms with E-state index in [-0.39, 0.29) is 6.10 Å². The molecule has 4 unspecified atom stereocenters. The van der Waals surface area contributed by atoms with Crippen molar-refractivity contribution < 1.29 is 14.6 Å². The topological polar surface area (TPSA) is 38.7 Å². The lowest BCUT2D eigenvalue weighted by molar-refractivity contribution is -0.0133. The number of aliphatic hydroxyl groups is 1. The van der Waals surface area contributed by atoms with Crippen LogP contribution in [0.3, 0.4) is 0 Å². The lowest BCUT2D eigenvalue weighted by atomic mass is 9.85. The molecule has 0 radical (unpaired) electrons. The summed E-state index contributed by atoms with van der Waals surface area (Å²) >= 11 is 0. The maximum atomic E-state index is 9.80. The van der Waals surface area contributed by atoms with Crippen LogP contribution in [-0.4, -0.2) is 36.6 Å². The molecular formula is C10H18O3. The van der Waals surface area contributed by atoms with Gasteiger partial charge in [0.05, 0.1) is 24.9 Å². The molecule has 4 atom stereocenters. The van der Waals surface area contributed by atoms with E-state index >= 15 is 0 Å². The van der Waals surface area contributed by atoms with Crippen LogP contribution in [0.2, 0.25) is 0 Å². The third-order valence-electron chi connectivity index (χ3n) is 3.14. The number of hydrogen-bond acceptors (Lipinski definition) is 3. The van der Waals surface area contributed by atoms with Crippen LogP contribution in [0.5, 0.6) is 0 Å². The summed E-state index contributed by atoms with van der Waals surface area (Å²) < 4.78 is 10.9. The Labute approximate surface area is 79.0 Å². The lowest BCUT2D eigenvalue weighted by Crippen LogP contribution is -2.32. The van der Waals surface area contributed by atoms with Crippen LogP contribution in [-0.2, 0) is 9.47 Å². The van der Waals surface area contributed by atoms with Crippen molar-refractivity contribution in [3.8, 4) is 0 Å². The van der Waals surface area contributed by atoms with E-state index in [2.05, 4.69) is 0 Å². The number of fused-ring (bicyclic) bond motifs is 2. The number of rotatable bonds is 4. The summed E-state index contributed by atoms with van der Waals surface area (Å²) in [5.41, 5.74) is 0. The molecule has 76 valence electrons. The van der Waals surface area contributed by atoms with E-state index in [1.54, 1.807) is 0 Å². The van der Waals surface area contributed by atoms with Gasteiger partial charge in [0.2, 0.25) is 0 Å². The van der Waals surface area contributed by atoms with Crippen LogP contribution >= 0.6 is 0 Å². The van der Waals surface area contributed by atoms with E-state index in [9.17, 15) is 5.11 Å². The summed E-state index contributed by atoms with van der Waals surface area (Å²) in [6.45, 7) is 3.09. The van der Waals surface area contributed by atoms with Crippen molar-refractivity contribution in [2.45, 2.75) is 44.5 Å². The minimum absolute atomic E-state index is 0.306. The average Bonchev–Trinajstić information content (AvgIpc) is 2.74. The number of hydrogen-bond donors (Lipinski definition) is 1. The molecule has 2 aliphatic rings. The molecule has 0 aromatic carbocycles. The van der Waals surface area contributed by atoms with Crippen LogP contribution in [0.15, 0.2) is 0 Å². The van der Waals surface area contributed by atoms with Gasteiger partial charge >= 0.3 is 0 Å². The summed E-state index contributed by atoms with van der Waals surface area (Å²) in [7, 11) is 0. The molecule has 0 aliphatic carbocycles. The second-order valence-electron chi connectivity index (χ2n) is 4.00. The molecule has 0 saturated carbocycles. The molecular weight excluding hydrogens is 168 g/mol. The first kappa shape index (κ1) is 9.44. The SMILES string of the molecule is CCOCC(O)C1CC2CCC1O2. The number of ether oxygens (including phenoxy) is 2. The largest absolute Gasteiger partial charge is 0.390 e. The zero-order chi connectivity index (χ0) is 9.26. The van der Waals surface area contributed by atoms with Crippen molar-refractivity contribution >= 4 is 0 Å². The molecule has 2 rings (SSSR count). The van der Waals surface area contributed by atoms with Gasteiger partial charge in [-0.2, -0.15) is 0 Å². The third-order valence-corrected chi connectivity index (χ3v) is 3.14. The molecule has 0 spiro atoms. The molecule has 0 aromatic heterocycles. The van der Waals surface area contributed by atoms with E-state index in [1.807, 2.05) is 6.92 Å². The first-order valence-corrected chi connectivity index (χ1v) is 5.22. The van der Waals surface area contributed by atoms with Gasteiger partial charge in [-0.3, -0.25) is 0 Å². The van der Waals surface area contributed by atoms with Crippen molar-refractivity contribution in [3.63, 3.8) is 0 Å². The Morgan fingerprint density at radius 1 is 1.54 bits per heavy atom. The molecule has 0 aromatic rings. The highest BCUT2D eigenvalue weighted by Crippen LogP contribution is 2.40. The zero-order valence-corrected chi connectivity index (χ0v) is 8.11. The fourth-order valence-electron chi connectivity index (χ4n) is 2.44. The highest BCUT2D eigenvalue weighted by molar-refractivity contribution is 4.92. The van der Waals surface area contributed by atoms with Crippen LogP contribution in [0.1, 0.15) is 26.2 Å². The summed E-state index contributed by atoms with van der Waals surface area (Å²) in [6, 6.07) is 0. The van der Waals surface area contributed by atoms with Crippen molar-refractivity contribution in [1.29, 1.82) is 0 Å². The summed E-state index contributed by atoms with van der Waals surface area (Å²) in [5, 5.41) is 9.80. The smallest absolute Gasteiger partial charge is 0.0827 e. The molecule has 2 fully saturated rings. The highest BCUT2D eigenvalue weighted by Gasteiger charge is 2.43. The molecule has 2 aliphatic heterocycles. The van der Waals surface area contributed by atoms with Crippen LogP contribution < -0.4 is 0 Å². The third kappa shape index (κ3) is 1.87. The minimum atomic E-state index is -0.324. The Balaban J connectivity index is 1.80. The summed E-state index contributed by atoms with van der Waals surface area (Å²) in [5.74, 6) is 0.324. The highest BCUT2D eigenvalue weighted by atomic mass is 16.5. The predicted molar refractivity (Wildman–Crippen MR) is 48.5 cm³/mol.